The van der Waals surface area contributed by atoms with Crippen LogP contribution in [0.25, 0.3) is 5.69 Å². The minimum absolute atomic E-state index is 0.0225. The van der Waals surface area contributed by atoms with Crippen molar-refractivity contribution in [2.45, 2.75) is 6.92 Å². The number of nitro groups is 1. The number of methoxy groups -OCH3 is 1. The molecule has 7 heteroatoms. The quantitative estimate of drug-likeness (QED) is 0.633. The van der Waals surface area contributed by atoms with Crippen LogP contribution in [0.5, 0.6) is 5.75 Å². The van der Waals surface area contributed by atoms with Crippen LogP contribution in [0.1, 0.15) is 5.69 Å². The van der Waals surface area contributed by atoms with Crippen LogP contribution in [0.4, 0.5) is 5.69 Å². The topological polar surface area (TPSA) is 70.2 Å². The molecule has 2 rings (SSSR count). The van der Waals surface area contributed by atoms with Crippen molar-refractivity contribution in [2.24, 2.45) is 0 Å². The van der Waals surface area contributed by atoms with Gasteiger partial charge < -0.3 is 4.74 Å². The van der Waals surface area contributed by atoms with Crippen LogP contribution in [0, 0.1) is 17.0 Å². The molecule has 94 valence electrons. The maximum atomic E-state index is 10.9. The molecule has 0 bridgehead atoms. The minimum Gasteiger partial charge on any atom is -0.497 e. The lowest BCUT2D eigenvalue weighted by molar-refractivity contribution is -0.385. The number of hydrogen-bond donors (Lipinski definition) is 0. The summed E-state index contributed by atoms with van der Waals surface area (Å²) in [7, 11) is 1.54. The third-order valence-electron chi connectivity index (χ3n) is 2.45. The number of ether oxygens (including phenoxy) is 1. The van der Waals surface area contributed by atoms with E-state index in [0.29, 0.717) is 11.4 Å². The van der Waals surface area contributed by atoms with E-state index in [2.05, 4.69) is 5.10 Å². The molecule has 18 heavy (non-hydrogen) atoms. The van der Waals surface area contributed by atoms with E-state index in [-0.39, 0.29) is 16.5 Å². The highest BCUT2D eigenvalue weighted by Gasteiger charge is 2.24. The first-order valence-electron chi connectivity index (χ1n) is 5.08. The van der Waals surface area contributed by atoms with Gasteiger partial charge in [0.25, 0.3) is 0 Å². The average Bonchev–Trinajstić information content (AvgIpc) is 2.65. The molecule has 0 saturated heterocycles. The van der Waals surface area contributed by atoms with Crippen molar-refractivity contribution in [2.75, 3.05) is 7.11 Å². The van der Waals surface area contributed by atoms with Crippen LogP contribution < -0.4 is 4.74 Å². The van der Waals surface area contributed by atoms with Gasteiger partial charge in [0.05, 0.1) is 17.7 Å². The van der Waals surface area contributed by atoms with E-state index < -0.39 is 4.92 Å². The fourth-order valence-electron chi connectivity index (χ4n) is 1.61. The van der Waals surface area contributed by atoms with Crippen LogP contribution in [0.2, 0.25) is 5.15 Å². The molecule has 0 spiro atoms. The lowest BCUT2D eigenvalue weighted by Crippen LogP contribution is -1.97. The summed E-state index contributed by atoms with van der Waals surface area (Å²) in [5.74, 6) is 0.624. The molecule has 0 radical (unpaired) electrons. The molecular weight excluding hydrogens is 258 g/mol. The van der Waals surface area contributed by atoms with Crippen LogP contribution in [0.3, 0.4) is 0 Å². The van der Waals surface area contributed by atoms with Gasteiger partial charge in [0.15, 0.2) is 0 Å². The predicted octanol–water partition coefficient (Wildman–Crippen LogP) is 2.75. The molecule has 0 aliphatic heterocycles. The lowest BCUT2D eigenvalue weighted by Gasteiger charge is -2.04. The van der Waals surface area contributed by atoms with Crippen LogP contribution in [-0.4, -0.2) is 21.8 Å². The number of halogens is 1. The molecule has 2 aromatic rings. The molecule has 1 aromatic carbocycles. The molecule has 0 amide bonds. The van der Waals surface area contributed by atoms with Crippen molar-refractivity contribution in [3.8, 4) is 11.4 Å². The molecule has 1 aromatic heterocycles. The Bertz CT molecular complexity index is 610. The zero-order valence-electron chi connectivity index (χ0n) is 9.75. The molecule has 0 aliphatic rings. The van der Waals surface area contributed by atoms with Gasteiger partial charge in [-0.15, -0.1) is 0 Å². The Balaban J connectivity index is 2.57. The number of hydrogen-bond acceptors (Lipinski definition) is 4. The summed E-state index contributed by atoms with van der Waals surface area (Å²) in [5.41, 5.74) is 0.697. The van der Waals surface area contributed by atoms with Gasteiger partial charge in [0, 0.05) is 6.07 Å². The van der Waals surface area contributed by atoms with Crippen molar-refractivity contribution >= 4 is 17.3 Å². The average molecular weight is 268 g/mol. The van der Waals surface area contributed by atoms with Crippen molar-refractivity contribution in [3.63, 3.8) is 0 Å². The monoisotopic (exact) mass is 267 g/mol. The van der Waals surface area contributed by atoms with Gasteiger partial charge in [-0.1, -0.05) is 17.7 Å². The first-order chi connectivity index (χ1) is 8.54. The van der Waals surface area contributed by atoms with Crippen molar-refractivity contribution in [1.82, 2.24) is 9.78 Å². The molecule has 0 aliphatic carbocycles. The summed E-state index contributed by atoms with van der Waals surface area (Å²) in [6.45, 7) is 1.54. The Morgan fingerprint density at radius 3 is 2.78 bits per heavy atom. The second kappa shape index (κ2) is 4.66. The summed E-state index contributed by atoms with van der Waals surface area (Å²) in [5, 5.41) is 14.9. The number of aryl methyl sites for hydroxylation is 1. The zero-order chi connectivity index (χ0) is 13.3. The largest absolute Gasteiger partial charge is 0.497 e. The summed E-state index contributed by atoms with van der Waals surface area (Å²) >= 11 is 5.97. The van der Waals surface area contributed by atoms with Gasteiger partial charge in [-0.25, -0.2) is 4.68 Å². The van der Waals surface area contributed by atoms with E-state index in [0.717, 1.165) is 0 Å². The Morgan fingerprint density at radius 1 is 1.50 bits per heavy atom. The summed E-state index contributed by atoms with van der Waals surface area (Å²) in [4.78, 5) is 10.3. The Morgan fingerprint density at radius 2 is 2.22 bits per heavy atom. The van der Waals surface area contributed by atoms with E-state index in [1.807, 2.05) is 0 Å². The number of benzene rings is 1. The van der Waals surface area contributed by atoms with Crippen molar-refractivity contribution < 1.29 is 9.66 Å². The molecule has 0 unspecified atom stereocenters. The summed E-state index contributed by atoms with van der Waals surface area (Å²) in [6.07, 6.45) is 0. The lowest BCUT2D eigenvalue weighted by atomic mass is 10.3. The van der Waals surface area contributed by atoms with Crippen LogP contribution >= 0.6 is 11.6 Å². The Kier molecular flexibility index (Phi) is 3.20. The highest BCUT2D eigenvalue weighted by molar-refractivity contribution is 6.32. The Labute approximate surface area is 108 Å². The van der Waals surface area contributed by atoms with E-state index >= 15 is 0 Å². The highest BCUT2D eigenvalue weighted by atomic mass is 35.5. The van der Waals surface area contributed by atoms with Gasteiger partial charge in [-0.3, -0.25) is 10.1 Å². The maximum Gasteiger partial charge on any atom is 0.329 e. The second-order valence-electron chi connectivity index (χ2n) is 3.60. The molecule has 0 saturated carbocycles. The predicted molar refractivity (Wildman–Crippen MR) is 66.5 cm³/mol. The molecule has 6 nitrogen and oxygen atoms in total. The van der Waals surface area contributed by atoms with Crippen molar-refractivity contribution in [1.29, 1.82) is 0 Å². The normalized spacial score (nSPS) is 10.4. The molecule has 1 heterocycles. The SMILES string of the molecule is COc1cccc(-n2nc(C)c([N+](=O)[O-])c2Cl)c1. The van der Waals surface area contributed by atoms with Gasteiger partial charge in [-0.2, -0.15) is 5.10 Å². The third-order valence-corrected chi connectivity index (χ3v) is 2.79. The van der Waals surface area contributed by atoms with E-state index in [1.54, 1.807) is 31.2 Å². The van der Waals surface area contributed by atoms with Crippen LogP contribution in [-0.2, 0) is 0 Å². The van der Waals surface area contributed by atoms with E-state index in [1.165, 1.54) is 11.8 Å². The molecule has 0 N–H and O–H groups in total. The number of rotatable bonds is 3. The smallest absolute Gasteiger partial charge is 0.329 e. The fourth-order valence-corrected chi connectivity index (χ4v) is 1.95. The third kappa shape index (κ3) is 2.02. The summed E-state index contributed by atoms with van der Waals surface area (Å²) in [6, 6.07) is 6.96. The van der Waals surface area contributed by atoms with Gasteiger partial charge in [0.1, 0.15) is 11.4 Å². The number of nitrogens with zero attached hydrogens (tertiary/aromatic N) is 3. The van der Waals surface area contributed by atoms with Gasteiger partial charge in [-0.05, 0) is 19.1 Å². The Hall–Kier alpha value is -2.08. The van der Waals surface area contributed by atoms with E-state index in [9.17, 15) is 10.1 Å². The zero-order valence-corrected chi connectivity index (χ0v) is 10.5. The maximum absolute atomic E-state index is 10.9. The minimum atomic E-state index is -0.540. The van der Waals surface area contributed by atoms with Crippen molar-refractivity contribution in [3.05, 3.63) is 45.2 Å². The first-order valence-corrected chi connectivity index (χ1v) is 5.46. The van der Waals surface area contributed by atoms with Gasteiger partial charge in [0.2, 0.25) is 5.15 Å². The fraction of sp³-hybridized carbons (Fsp3) is 0.182. The van der Waals surface area contributed by atoms with E-state index in [4.69, 9.17) is 16.3 Å². The highest BCUT2D eigenvalue weighted by Crippen LogP contribution is 2.30. The molecule has 0 fully saturated rings. The molecular formula is C11H10ClN3O3. The van der Waals surface area contributed by atoms with Gasteiger partial charge >= 0.3 is 5.69 Å². The molecule has 0 atom stereocenters. The first kappa shape index (κ1) is 12.4. The summed E-state index contributed by atoms with van der Waals surface area (Å²) < 4.78 is 6.40. The standard InChI is InChI=1S/C11H10ClN3O3/c1-7-10(15(16)17)11(12)14(13-7)8-4-3-5-9(6-8)18-2/h3-6H,1-2H3. The van der Waals surface area contributed by atoms with Crippen LogP contribution in [0.15, 0.2) is 24.3 Å². The second-order valence-corrected chi connectivity index (χ2v) is 3.95. The number of aromatic nitrogens is 2.